The molecule has 0 aliphatic carbocycles. The standard InChI is InChI=1S/C21H23N3O4/c1-15-18(6-4-11-22-15)21(26)24-13-5-12-23(24)20(25)10-7-16-14-17(27-2)8-9-19(16)28-3/h4,6-11,14H,5,12-13H2,1-3H3. The van der Waals surface area contributed by atoms with Crippen molar-refractivity contribution in [3.05, 3.63) is 59.4 Å². The number of hydrogen-bond acceptors (Lipinski definition) is 5. The Hall–Kier alpha value is -3.35. The number of carbonyl (C=O) groups excluding carboxylic acids is 2. The molecule has 0 atom stereocenters. The molecule has 146 valence electrons. The molecule has 0 unspecified atom stereocenters. The molecule has 0 bridgehead atoms. The van der Waals surface area contributed by atoms with Crippen LogP contribution in [0.25, 0.3) is 6.08 Å². The Morgan fingerprint density at radius 1 is 1.11 bits per heavy atom. The summed E-state index contributed by atoms with van der Waals surface area (Å²) in [5, 5.41) is 2.96. The summed E-state index contributed by atoms with van der Waals surface area (Å²) in [6.07, 6.45) is 5.48. The Morgan fingerprint density at radius 3 is 2.61 bits per heavy atom. The quantitative estimate of drug-likeness (QED) is 0.745. The molecule has 2 amide bonds. The van der Waals surface area contributed by atoms with Crippen LogP contribution in [0.15, 0.2) is 42.6 Å². The van der Waals surface area contributed by atoms with E-state index < -0.39 is 0 Å². The number of benzene rings is 1. The highest BCUT2D eigenvalue weighted by Crippen LogP contribution is 2.25. The maximum Gasteiger partial charge on any atom is 0.274 e. The van der Waals surface area contributed by atoms with Gasteiger partial charge >= 0.3 is 0 Å². The highest BCUT2D eigenvalue weighted by atomic mass is 16.5. The van der Waals surface area contributed by atoms with Crippen LogP contribution >= 0.6 is 0 Å². The lowest BCUT2D eigenvalue weighted by Crippen LogP contribution is -2.44. The molecule has 1 aromatic heterocycles. The van der Waals surface area contributed by atoms with Gasteiger partial charge in [0.05, 0.1) is 25.5 Å². The summed E-state index contributed by atoms with van der Waals surface area (Å²) in [4.78, 5) is 29.8. The molecule has 1 aliphatic rings. The Morgan fingerprint density at radius 2 is 1.89 bits per heavy atom. The van der Waals surface area contributed by atoms with E-state index >= 15 is 0 Å². The summed E-state index contributed by atoms with van der Waals surface area (Å²) >= 11 is 0. The van der Waals surface area contributed by atoms with Gasteiger partial charge in [0.1, 0.15) is 11.5 Å². The number of aromatic nitrogens is 1. The van der Waals surface area contributed by atoms with E-state index in [1.165, 1.54) is 16.1 Å². The van der Waals surface area contributed by atoms with E-state index in [0.29, 0.717) is 35.8 Å². The molecule has 0 N–H and O–H groups in total. The van der Waals surface area contributed by atoms with Gasteiger partial charge in [-0.2, -0.15) is 0 Å². The maximum absolute atomic E-state index is 12.9. The van der Waals surface area contributed by atoms with Gasteiger partial charge in [-0.25, -0.2) is 10.0 Å². The molecule has 3 rings (SSSR count). The van der Waals surface area contributed by atoms with Crippen molar-refractivity contribution in [3.8, 4) is 11.5 Å². The molecule has 0 spiro atoms. The zero-order valence-electron chi connectivity index (χ0n) is 16.2. The predicted octanol–water partition coefficient (Wildman–Crippen LogP) is 2.71. The predicted molar refractivity (Wildman–Crippen MR) is 105 cm³/mol. The second-order valence-electron chi connectivity index (χ2n) is 6.32. The SMILES string of the molecule is COc1ccc(OC)c(C=CC(=O)N2CCCN2C(=O)c2cccnc2C)c1. The lowest BCUT2D eigenvalue weighted by Gasteiger charge is -2.27. The van der Waals surface area contributed by atoms with Crippen LogP contribution < -0.4 is 9.47 Å². The topological polar surface area (TPSA) is 72.0 Å². The molecule has 7 nitrogen and oxygen atoms in total. The number of ether oxygens (including phenoxy) is 2. The van der Waals surface area contributed by atoms with Crippen molar-refractivity contribution < 1.29 is 19.1 Å². The van der Waals surface area contributed by atoms with Gasteiger partial charge in [0, 0.05) is 30.9 Å². The molecular weight excluding hydrogens is 358 g/mol. The van der Waals surface area contributed by atoms with Crippen LogP contribution in [-0.4, -0.2) is 54.1 Å². The number of hydrogen-bond donors (Lipinski definition) is 0. The monoisotopic (exact) mass is 381 g/mol. The molecule has 1 aromatic carbocycles. The first kappa shape index (κ1) is 19.4. The number of nitrogens with zero attached hydrogens (tertiary/aromatic N) is 3. The summed E-state index contributed by atoms with van der Waals surface area (Å²) in [5.41, 5.74) is 1.86. The number of aryl methyl sites for hydroxylation is 1. The minimum absolute atomic E-state index is 0.219. The van der Waals surface area contributed by atoms with Crippen LogP contribution in [0.2, 0.25) is 0 Å². The number of amides is 2. The van der Waals surface area contributed by atoms with Gasteiger partial charge in [-0.3, -0.25) is 14.6 Å². The fourth-order valence-corrected chi connectivity index (χ4v) is 3.12. The van der Waals surface area contributed by atoms with Gasteiger partial charge in [0.25, 0.3) is 11.8 Å². The second-order valence-corrected chi connectivity index (χ2v) is 6.32. The van der Waals surface area contributed by atoms with Crippen LogP contribution in [0.1, 0.15) is 28.0 Å². The number of carbonyl (C=O) groups is 2. The van der Waals surface area contributed by atoms with E-state index in [1.54, 1.807) is 63.7 Å². The third-order valence-corrected chi connectivity index (χ3v) is 4.60. The molecular formula is C21H23N3O4. The van der Waals surface area contributed by atoms with Crippen LogP contribution in [0.4, 0.5) is 0 Å². The molecule has 0 saturated carbocycles. The Labute approximate surface area is 164 Å². The Kier molecular flexibility index (Phi) is 5.93. The number of methoxy groups -OCH3 is 2. The summed E-state index contributed by atoms with van der Waals surface area (Å²) in [6.45, 7) is 2.77. The lowest BCUT2D eigenvalue weighted by molar-refractivity contribution is -0.134. The number of pyridine rings is 1. The third kappa shape index (κ3) is 3.98. The highest BCUT2D eigenvalue weighted by Gasteiger charge is 2.31. The second kappa shape index (κ2) is 8.56. The molecule has 2 aromatic rings. The Bertz CT molecular complexity index is 910. The fraction of sp³-hybridized carbons (Fsp3) is 0.286. The van der Waals surface area contributed by atoms with Crippen LogP contribution in [-0.2, 0) is 4.79 Å². The summed E-state index contributed by atoms with van der Waals surface area (Å²) in [5.74, 6) is 0.809. The summed E-state index contributed by atoms with van der Waals surface area (Å²) < 4.78 is 10.6. The minimum Gasteiger partial charge on any atom is -0.497 e. The normalized spacial score (nSPS) is 13.8. The fourth-order valence-electron chi connectivity index (χ4n) is 3.12. The lowest BCUT2D eigenvalue weighted by atomic mass is 10.1. The van der Waals surface area contributed by atoms with E-state index in [2.05, 4.69) is 4.98 Å². The van der Waals surface area contributed by atoms with Gasteiger partial charge in [-0.15, -0.1) is 0 Å². The van der Waals surface area contributed by atoms with Crippen molar-refractivity contribution in [3.63, 3.8) is 0 Å². The van der Waals surface area contributed by atoms with E-state index in [4.69, 9.17) is 9.47 Å². The van der Waals surface area contributed by atoms with Crippen LogP contribution in [0, 0.1) is 6.92 Å². The first-order valence-electron chi connectivity index (χ1n) is 9.00. The zero-order chi connectivity index (χ0) is 20.1. The zero-order valence-corrected chi connectivity index (χ0v) is 16.2. The van der Waals surface area contributed by atoms with Gasteiger partial charge < -0.3 is 9.47 Å². The largest absolute Gasteiger partial charge is 0.497 e. The highest BCUT2D eigenvalue weighted by molar-refractivity contribution is 5.99. The van der Waals surface area contributed by atoms with Crippen molar-refractivity contribution >= 4 is 17.9 Å². The van der Waals surface area contributed by atoms with Crippen LogP contribution in [0.5, 0.6) is 11.5 Å². The van der Waals surface area contributed by atoms with Crippen molar-refractivity contribution in [2.24, 2.45) is 0 Å². The summed E-state index contributed by atoms with van der Waals surface area (Å²) in [7, 11) is 3.15. The van der Waals surface area contributed by atoms with Gasteiger partial charge in [-0.1, -0.05) is 0 Å². The summed E-state index contributed by atoms with van der Waals surface area (Å²) in [6, 6.07) is 8.80. The molecule has 0 radical (unpaired) electrons. The van der Waals surface area contributed by atoms with Gasteiger partial charge in [0.2, 0.25) is 0 Å². The van der Waals surface area contributed by atoms with E-state index in [-0.39, 0.29) is 11.8 Å². The molecule has 1 saturated heterocycles. The van der Waals surface area contributed by atoms with Gasteiger partial charge in [-0.05, 0) is 49.8 Å². The van der Waals surface area contributed by atoms with Crippen molar-refractivity contribution in [2.45, 2.75) is 13.3 Å². The van der Waals surface area contributed by atoms with Gasteiger partial charge in [0.15, 0.2) is 0 Å². The van der Waals surface area contributed by atoms with E-state index in [0.717, 1.165) is 12.0 Å². The number of rotatable bonds is 5. The number of hydrazine groups is 1. The van der Waals surface area contributed by atoms with E-state index in [1.807, 2.05) is 0 Å². The average Bonchev–Trinajstić information content (AvgIpc) is 3.21. The minimum atomic E-state index is -0.266. The molecule has 1 aliphatic heterocycles. The van der Waals surface area contributed by atoms with Crippen molar-refractivity contribution in [2.75, 3.05) is 27.3 Å². The first-order chi connectivity index (χ1) is 13.5. The Balaban J connectivity index is 1.79. The average molecular weight is 381 g/mol. The van der Waals surface area contributed by atoms with Crippen LogP contribution in [0.3, 0.4) is 0 Å². The molecule has 1 fully saturated rings. The maximum atomic E-state index is 12.9. The van der Waals surface area contributed by atoms with Crippen molar-refractivity contribution in [1.29, 1.82) is 0 Å². The first-order valence-corrected chi connectivity index (χ1v) is 9.00. The smallest absolute Gasteiger partial charge is 0.274 e. The van der Waals surface area contributed by atoms with E-state index in [9.17, 15) is 9.59 Å². The molecule has 28 heavy (non-hydrogen) atoms. The molecule has 2 heterocycles. The third-order valence-electron chi connectivity index (χ3n) is 4.60. The molecule has 7 heteroatoms. The van der Waals surface area contributed by atoms with Crippen molar-refractivity contribution in [1.82, 2.24) is 15.0 Å².